The van der Waals surface area contributed by atoms with Gasteiger partial charge in [0.25, 0.3) is 0 Å². The molecular formula is C19H26FNO3. The number of aliphatic hydroxyl groups is 1. The highest BCUT2D eigenvalue weighted by molar-refractivity contribution is 5.89. The Bertz CT molecular complexity index is 600. The van der Waals surface area contributed by atoms with Gasteiger partial charge in [0.1, 0.15) is 5.82 Å². The lowest BCUT2D eigenvalue weighted by atomic mass is 9.96. The third-order valence-corrected chi connectivity index (χ3v) is 4.25. The van der Waals surface area contributed by atoms with Crippen molar-refractivity contribution < 1.29 is 19.0 Å². The van der Waals surface area contributed by atoms with Gasteiger partial charge in [-0.25, -0.2) is 4.39 Å². The summed E-state index contributed by atoms with van der Waals surface area (Å²) in [5.74, 6) is -0.251. The van der Waals surface area contributed by atoms with E-state index in [9.17, 15) is 14.3 Å². The van der Waals surface area contributed by atoms with Crippen molar-refractivity contribution in [3.8, 4) is 0 Å². The number of morpholine rings is 1. The zero-order chi connectivity index (χ0) is 17.5. The Hall–Kier alpha value is -1.72. The molecule has 1 N–H and O–H groups in total. The summed E-state index contributed by atoms with van der Waals surface area (Å²) in [6, 6.07) is 4.68. The first-order valence-corrected chi connectivity index (χ1v) is 8.51. The summed E-state index contributed by atoms with van der Waals surface area (Å²) >= 11 is 0. The molecule has 0 aromatic heterocycles. The molecule has 1 fully saturated rings. The zero-order valence-corrected chi connectivity index (χ0v) is 14.4. The number of nitrogens with zero attached hydrogens (tertiary/aromatic N) is 1. The average molecular weight is 335 g/mol. The second-order valence-electron chi connectivity index (χ2n) is 6.17. The van der Waals surface area contributed by atoms with Gasteiger partial charge >= 0.3 is 0 Å². The van der Waals surface area contributed by atoms with E-state index in [4.69, 9.17) is 4.74 Å². The predicted octanol–water partition coefficient (Wildman–Crippen LogP) is 2.93. The molecule has 0 bridgehead atoms. The Balaban J connectivity index is 2.15. The number of aryl methyl sites for hydroxylation is 1. The number of benzene rings is 1. The first kappa shape index (κ1) is 18.6. The highest BCUT2D eigenvalue weighted by atomic mass is 19.1. The largest absolute Gasteiger partial charge is 0.394 e. The molecule has 1 saturated heterocycles. The molecule has 1 atom stereocenters. The maximum absolute atomic E-state index is 13.4. The third kappa shape index (κ3) is 4.89. The monoisotopic (exact) mass is 335 g/mol. The first-order chi connectivity index (χ1) is 11.5. The standard InChI is InChI=1S/C19H26FNO3/c1-3-4-5-15(18-7-6-16(20)10-14(18)2)11-19(23)21-8-9-24-17(12-21)13-22/h5-7,10,17,22H,3-4,8-9,11-13H2,1-2H3/b15-5-. The number of rotatable bonds is 6. The molecule has 5 heteroatoms. The Labute approximate surface area is 142 Å². The summed E-state index contributed by atoms with van der Waals surface area (Å²) in [6.07, 6.45) is 3.91. The highest BCUT2D eigenvalue weighted by Crippen LogP contribution is 2.25. The summed E-state index contributed by atoms with van der Waals surface area (Å²) in [5, 5.41) is 9.22. The van der Waals surface area contributed by atoms with Gasteiger partial charge in [-0.05, 0) is 42.2 Å². The lowest BCUT2D eigenvalue weighted by Gasteiger charge is -2.32. The Kier molecular flexibility index (Phi) is 6.94. The number of amides is 1. The fraction of sp³-hybridized carbons (Fsp3) is 0.526. The van der Waals surface area contributed by atoms with Crippen molar-refractivity contribution in [3.63, 3.8) is 0 Å². The molecule has 1 aliphatic rings. The van der Waals surface area contributed by atoms with Crippen molar-refractivity contribution in [2.45, 2.75) is 39.2 Å². The van der Waals surface area contributed by atoms with Crippen LogP contribution in [-0.4, -0.2) is 48.3 Å². The van der Waals surface area contributed by atoms with Gasteiger partial charge in [0.2, 0.25) is 5.91 Å². The second-order valence-corrected chi connectivity index (χ2v) is 6.17. The molecule has 2 rings (SSSR count). The highest BCUT2D eigenvalue weighted by Gasteiger charge is 2.24. The van der Waals surface area contributed by atoms with Crippen LogP contribution < -0.4 is 0 Å². The maximum Gasteiger partial charge on any atom is 0.227 e. The van der Waals surface area contributed by atoms with Crippen LogP contribution in [0.5, 0.6) is 0 Å². The first-order valence-electron chi connectivity index (χ1n) is 8.51. The minimum atomic E-state index is -0.307. The normalized spacial score (nSPS) is 18.8. The summed E-state index contributed by atoms with van der Waals surface area (Å²) < 4.78 is 18.8. The fourth-order valence-electron chi connectivity index (χ4n) is 2.91. The molecule has 0 saturated carbocycles. The number of carbonyl (C=O) groups excluding carboxylic acids is 1. The minimum Gasteiger partial charge on any atom is -0.394 e. The molecule has 0 spiro atoms. The Morgan fingerprint density at radius 1 is 1.50 bits per heavy atom. The minimum absolute atomic E-state index is 0.0165. The maximum atomic E-state index is 13.4. The number of hydrogen-bond acceptors (Lipinski definition) is 3. The molecule has 1 aliphatic heterocycles. The van der Waals surface area contributed by atoms with E-state index in [0.29, 0.717) is 19.7 Å². The van der Waals surface area contributed by atoms with Gasteiger partial charge in [-0.1, -0.05) is 25.5 Å². The van der Waals surface area contributed by atoms with Crippen LogP contribution >= 0.6 is 0 Å². The number of halogens is 1. The molecule has 0 radical (unpaired) electrons. The summed E-state index contributed by atoms with van der Waals surface area (Å²) in [5.41, 5.74) is 2.69. The molecule has 132 valence electrons. The quantitative estimate of drug-likeness (QED) is 0.869. The van der Waals surface area contributed by atoms with E-state index >= 15 is 0 Å². The van der Waals surface area contributed by atoms with Crippen molar-refractivity contribution in [3.05, 3.63) is 41.2 Å². The van der Waals surface area contributed by atoms with Gasteiger partial charge in [-0.2, -0.15) is 0 Å². The van der Waals surface area contributed by atoms with Crippen molar-refractivity contribution in [2.24, 2.45) is 0 Å². The molecule has 1 heterocycles. The van der Waals surface area contributed by atoms with E-state index < -0.39 is 0 Å². The zero-order valence-electron chi connectivity index (χ0n) is 14.4. The van der Waals surface area contributed by atoms with Crippen LogP contribution in [0.2, 0.25) is 0 Å². The summed E-state index contributed by atoms with van der Waals surface area (Å²) in [7, 11) is 0. The smallest absolute Gasteiger partial charge is 0.227 e. The van der Waals surface area contributed by atoms with Crippen molar-refractivity contribution >= 4 is 11.5 Å². The van der Waals surface area contributed by atoms with Crippen LogP contribution in [0.25, 0.3) is 5.57 Å². The van der Waals surface area contributed by atoms with Gasteiger partial charge in [0, 0.05) is 13.1 Å². The number of hydrogen-bond donors (Lipinski definition) is 1. The lowest BCUT2D eigenvalue weighted by molar-refractivity contribution is -0.139. The van der Waals surface area contributed by atoms with Crippen LogP contribution in [-0.2, 0) is 9.53 Å². The summed E-state index contributed by atoms with van der Waals surface area (Å²) in [6.45, 7) is 5.26. The van der Waals surface area contributed by atoms with E-state index in [2.05, 4.69) is 13.0 Å². The summed E-state index contributed by atoms with van der Waals surface area (Å²) in [4.78, 5) is 14.4. The molecule has 1 aromatic carbocycles. The van der Waals surface area contributed by atoms with Gasteiger partial charge < -0.3 is 14.7 Å². The van der Waals surface area contributed by atoms with Crippen molar-refractivity contribution in [1.82, 2.24) is 4.90 Å². The topological polar surface area (TPSA) is 49.8 Å². The number of aliphatic hydroxyl groups excluding tert-OH is 1. The van der Waals surface area contributed by atoms with E-state index in [1.54, 1.807) is 11.0 Å². The number of ether oxygens (including phenoxy) is 1. The van der Waals surface area contributed by atoms with Crippen molar-refractivity contribution in [1.29, 1.82) is 0 Å². The van der Waals surface area contributed by atoms with Crippen LogP contribution in [0.4, 0.5) is 4.39 Å². The van der Waals surface area contributed by atoms with Gasteiger partial charge in [-0.15, -0.1) is 0 Å². The van der Waals surface area contributed by atoms with Crippen LogP contribution in [0.15, 0.2) is 24.3 Å². The molecule has 0 aliphatic carbocycles. The SMILES string of the molecule is CCC/C=C(/CC(=O)N1CCOC(CO)C1)c1ccc(F)cc1C. The van der Waals surface area contributed by atoms with Crippen LogP contribution in [0.1, 0.15) is 37.3 Å². The van der Waals surface area contributed by atoms with E-state index in [1.807, 2.05) is 6.92 Å². The third-order valence-electron chi connectivity index (χ3n) is 4.25. The molecule has 1 unspecified atom stereocenters. The Morgan fingerprint density at radius 2 is 2.29 bits per heavy atom. The Morgan fingerprint density at radius 3 is 2.96 bits per heavy atom. The van der Waals surface area contributed by atoms with E-state index in [1.165, 1.54) is 12.1 Å². The average Bonchev–Trinajstić information content (AvgIpc) is 2.58. The van der Waals surface area contributed by atoms with Crippen LogP contribution in [0, 0.1) is 12.7 Å². The van der Waals surface area contributed by atoms with Gasteiger partial charge in [0.15, 0.2) is 0 Å². The molecule has 24 heavy (non-hydrogen) atoms. The van der Waals surface area contributed by atoms with E-state index in [-0.39, 0.29) is 30.9 Å². The molecular weight excluding hydrogens is 309 g/mol. The molecule has 4 nitrogen and oxygen atoms in total. The van der Waals surface area contributed by atoms with Gasteiger partial charge in [-0.3, -0.25) is 4.79 Å². The van der Waals surface area contributed by atoms with Crippen molar-refractivity contribution in [2.75, 3.05) is 26.3 Å². The molecule has 1 amide bonds. The second kappa shape index (κ2) is 8.94. The fourth-order valence-corrected chi connectivity index (χ4v) is 2.91. The molecule has 1 aromatic rings. The number of unbranched alkanes of at least 4 members (excludes halogenated alkanes) is 1. The van der Waals surface area contributed by atoms with Gasteiger partial charge in [0.05, 0.1) is 25.7 Å². The number of carbonyl (C=O) groups is 1. The predicted molar refractivity (Wildman–Crippen MR) is 92.0 cm³/mol. The van der Waals surface area contributed by atoms with E-state index in [0.717, 1.165) is 29.5 Å². The lowest BCUT2D eigenvalue weighted by Crippen LogP contribution is -2.46. The van der Waals surface area contributed by atoms with Crippen LogP contribution in [0.3, 0.4) is 0 Å². The number of allylic oxidation sites excluding steroid dienone is 1.